The molecule has 1 rings (SSSR count). The predicted molar refractivity (Wildman–Crippen MR) is 110 cm³/mol. The number of hydrogen-bond acceptors (Lipinski definition) is 2. The second kappa shape index (κ2) is 16.6. The predicted octanol–water partition coefficient (Wildman–Crippen LogP) is 5.03. The van der Waals surface area contributed by atoms with Crippen molar-refractivity contribution >= 4 is 5.84 Å². The van der Waals surface area contributed by atoms with Gasteiger partial charge in [0, 0.05) is 6.42 Å². The van der Waals surface area contributed by atoms with E-state index in [4.69, 9.17) is 5.11 Å². The molecule has 0 unspecified atom stereocenters. The van der Waals surface area contributed by atoms with Crippen LogP contribution in [-0.2, 0) is 0 Å². The van der Waals surface area contributed by atoms with E-state index in [2.05, 4.69) is 29.0 Å². The summed E-state index contributed by atoms with van der Waals surface area (Å²) in [7, 11) is 0. The van der Waals surface area contributed by atoms with Crippen LogP contribution in [0.25, 0.3) is 0 Å². The van der Waals surface area contributed by atoms with Gasteiger partial charge in [-0.25, -0.2) is 0 Å². The van der Waals surface area contributed by atoms with Crippen molar-refractivity contribution in [2.24, 2.45) is 0 Å². The molecule has 3 heteroatoms. The molecule has 0 aromatic rings. The van der Waals surface area contributed by atoms with Crippen LogP contribution in [0.2, 0.25) is 0 Å². The molecule has 0 atom stereocenters. The number of β-amino-alcohol motifs (C(OH)–C–C–N with tert-alkyl or cyclic N) is 1. The summed E-state index contributed by atoms with van der Waals surface area (Å²) in [6, 6.07) is 0. The summed E-state index contributed by atoms with van der Waals surface area (Å²) in [6.07, 6.45) is 23.6. The molecule has 0 aromatic carbocycles. The van der Waals surface area contributed by atoms with Gasteiger partial charge in [0.15, 0.2) is 0 Å². The molecule has 1 aliphatic rings. The molecule has 0 bridgehead atoms. The normalized spacial score (nSPS) is 14.6. The highest BCUT2D eigenvalue weighted by atomic mass is 16.3. The zero-order chi connectivity index (χ0) is 18.0. The van der Waals surface area contributed by atoms with Gasteiger partial charge in [0.1, 0.15) is 19.6 Å². The molecule has 1 heterocycles. The average molecular weight is 352 g/mol. The van der Waals surface area contributed by atoms with Crippen molar-refractivity contribution in [2.45, 2.75) is 96.8 Å². The van der Waals surface area contributed by atoms with Crippen molar-refractivity contribution in [3.05, 3.63) is 12.2 Å². The van der Waals surface area contributed by atoms with Crippen LogP contribution < -0.4 is 5.32 Å². The van der Waals surface area contributed by atoms with Crippen molar-refractivity contribution in [3.8, 4) is 0 Å². The first-order valence-corrected chi connectivity index (χ1v) is 11.0. The van der Waals surface area contributed by atoms with Gasteiger partial charge < -0.3 is 5.11 Å². The minimum atomic E-state index is 0.261. The van der Waals surface area contributed by atoms with E-state index in [1.54, 1.807) is 0 Å². The summed E-state index contributed by atoms with van der Waals surface area (Å²) in [6.45, 7) is 5.42. The van der Waals surface area contributed by atoms with Gasteiger partial charge in [0.05, 0.1) is 6.61 Å². The summed E-state index contributed by atoms with van der Waals surface area (Å²) in [5.41, 5.74) is 0. The van der Waals surface area contributed by atoms with Crippen LogP contribution in [0, 0.1) is 0 Å². The van der Waals surface area contributed by atoms with Gasteiger partial charge in [0.25, 0.3) is 0 Å². The molecule has 2 N–H and O–H groups in total. The maximum absolute atomic E-state index is 9.06. The first kappa shape index (κ1) is 22.2. The van der Waals surface area contributed by atoms with E-state index in [0.717, 1.165) is 26.1 Å². The third-order valence-corrected chi connectivity index (χ3v) is 5.14. The van der Waals surface area contributed by atoms with Crippen molar-refractivity contribution in [1.29, 1.82) is 0 Å². The van der Waals surface area contributed by atoms with E-state index in [1.165, 1.54) is 89.3 Å². The quantitative estimate of drug-likeness (QED) is 0.219. The summed E-state index contributed by atoms with van der Waals surface area (Å²) < 4.78 is 2.30. The monoisotopic (exact) mass is 351 g/mol. The fourth-order valence-electron chi connectivity index (χ4n) is 3.56. The fourth-order valence-corrected chi connectivity index (χ4v) is 3.56. The number of nitrogens with zero attached hydrogens (tertiary/aromatic N) is 1. The Hall–Kier alpha value is -0.830. The van der Waals surface area contributed by atoms with Crippen LogP contribution >= 0.6 is 0 Å². The number of allylic oxidation sites excluding steroid dienone is 2. The molecule has 0 aromatic heterocycles. The van der Waals surface area contributed by atoms with Crippen LogP contribution in [0.5, 0.6) is 0 Å². The van der Waals surface area contributed by atoms with Gasteiger partial charge >= 0.3 is 0 Å². The van der Waals surface area contributed by atoms with E-state index in [-0.39, 0.29) is 6.61 Å². The number of amidine groups is 1. The Morgan fingerprint density at radius 3 is 2.12 bits per heavy atom. The zero-order valence-corrected chi connectivity index (χ0v) is 16.8. The zero-order valence-electron chi connectivity index (χ0n) is 16.8. The van der Waals surface area contributed by atoms with E-state index in [1.807, 2.05) is 0 Å². The van der Waals surface area contributed by atoms with Crippen molar-refractivity contribution < 1.29 is 9.68 Å². The smallest absolute Gasteiger partial charge is 0.245 e. The van der Waals surface area contributed by atoms with Gasteiger partial charge in [0.2, 0.25) is 5.84 Å². The molecule has 0 fully saturated rings. The lowest BCUT2D eigenvalue weighted by Gasteiger charge is -2.03. The van der Waals surface area contributed by atoms with Crippen LogP contribution in [0.15, 0.2) is 12.2 Å². The Bertz CT molecular complexity index is 363. The molecule has 0 aliphatic carbocycles. The molecule has 3 nitrogen and oxygen atoms in total. The Labute approximate surface area is 156 Å². The molecule has 1 aliphatic heterocycles. The largest absolute Gasteiger partial charge is 0.392 e. The maximum atomic E-state index is 9.06. The van der Waals surface area contributed by atoms with Crippen molar-refractivity contribution in [1.82, 2.24) is 5.32 Å². The number of rotatable bonds is 17. The van der Waals surface area contributed by atoms with E-state index in [9.17, 15) is 0 Å². The van der Waals surface area contributed by atoms with E-state index in [0.29, 0.717) is 0 Å². The highest BCUT2D eigenvalue weighted by Gasteiger charge is 2.19. The topological polar surface area (TPSA) is 35.3 Å². The number of aliphatic hydroxyl groups excluding tert-OH is 1. The summed E-state index contributed by atoms with van der Waals surface area (Å²) in [4.78, 5) is 0. The van der Waals surface area contributed by atoms with Gasteiger partial charge in [-0.1, -0.05) is 70.4 Å². The van der Waals surface area contributed by atoms with Gasteiger partial charge in [-0.2, -0.15) is 0 Å². The molecule has 0 spiro atoms. The standard InChI is InChI=1S/C22H42N2O/c1-2-3-4-5-6-7-8-9-10-11-12-13-14-15-16-17-22-23-18-19-24(22)20-21-25/h9-10,25H,2-8,11-21H2,1H3/p+1. The number of aliphatic hydroxyl groups is 1. The second-order valence-electron chi connectivity index (χ2n) is 7.42. The highest BCUT2D eigenvalue weighted by molar-refractivity contribution is 5.78. The Morgan fingerprint density at radius 1 is 0.880 bits per heavy atom. The van der Waals surface area contributed by atoms with Gasteiger partial charge in [-0.3, -0.25) is 9.89 Å². The third-order valence-electron chi connectivity index (χ3n) is 5.14. The third kappa shape index (κ3) is 12.2. The first-order chi connectivity index (χ1) is 12.4. The van der Waals surface area contributed by atoms with E-state index >= 15 is 0 Å². The van der Waals surface area contributed by atoms with Gasteiger partial charge in [-0.15, -0.1) is 0 Å². The highest BCUT2D eigenvalue weighted by Crippen LogP contribution is 2.10. The minimum Gasteiger partial charge on any atom is -0.392 e. The second-order valence-corrected chi connectivity index (χ2v) is 7.42. The molecular weight excluding hydrogens is 308 g/mol. The summed E-state index contributed by atoms with van der Waals surface area (Å²) >= 11 is 0. The van der Waals surface area contributed by atoms with Crippen LogP contribution in [0.4, 0.5) is 0 Å². The lowest BCUT2D eigenvalue weighted by Crippen LogP contribution is -2.24. The summed E-state index contributed by atoms with van der Waals surface area (Å²) in [5.74, 6) is 1.35. The molecule has 146 valence electrons. The molecule has 0 radical (unpaired) electrons. The Balaban J connectivity index is 1.84. The van der Waals surface area contributed by atoms with Gasteiger partial charge in [-0.05, 0) is 32.1 Å². The number of hydrogen-bond donors (Lipinski definition) is 2. The van der Waals surface area contributed by atoms with Crippen LogP contribution in [0.3, 0.4) is 0 Å². The molecule has 0 saturated heterocycles. The van der Waals surface area contributed by atoms with Crippen molar-refractivity contribution in [2.75, 3.05) is 26.2 Å². The lowest BCUT2D eigenvalue weighted by molar-refractivity contribution is -0.521. The average Bonchev–Trinajstić information content (AvgIpc) is 3.06. The molecule has 0 amide bonds. The molecule has 0 saturated carbocycles. The Morgan fingerprint density at radius 2 is 1.48 bits per heavy atom. The minimum absolute atomic E-state index is 0.261. The van der Waals surface area contributed by atoms with Crippen molar-refractivity contribution in [3.63, 3.8) is 0 Å². The number of unbranched alkanes of at least 4 members (excludes halogenated alkanes) is 11. The number of nitrogens with one attached hydrogen (secondary N) is 1. The molecular formula is C22H43N2O+. The SMILES string of the molecule is CCCCCCCCC=CCCCCCCCC1=[N+](CCO)CCN1. The summed E-state index contributed by atoms with van der Waals surface area (Å²) in [5, 5.41) is 12.5. The maximum Gasteiger partial charge on any atom is 0.245 e. The van der Waals surface area contributed by atoms with Crippen LogP contribution in [0.1, 0.15) is 96.8 Å². The van der Waals surface area contributed by atoms with Crippen LogP contribution in [-0.4, -0.2) is 41.8 Å². The molecule has 25 heavy (non-hydrogen) atoms. The fraction of sp³-hybridized carbons (Fsp3) is 0.864. The lowest BCUT2D eigenvalue weighted by atomic mass is 10.1. The Kier molecular flexibility index (Phi) is 14.8. The van der Waals surface area contributed by atoms with E-state index < -0.39 is 0 Å². The first-order valence-electron chi connectivity index (χ1n) is 11.0.